The number of nitrogens with two attached hydrogens (primary N) is 1. The SMILES string of the molecule is NC(=O)CC(NC(=O)CCC(=O)c1ccc(F)cc1)C(=O)O. The number of carbonyl (C=O) groups is 4. The van der Waals surface area contributed by atoms with Gasteiger partial charge in [-0.1, -0.05) is 0 Å². The topological polar surface area (TPSA) is 127 Å². The number of halogens is 1. The van der Waals surface area contributed by atoms with Gasteiger partial charge >= 0.3 is 5.97 Å². The van der Waals surface area contributed by atoms with E-state index in [4.69, 9.17) is 10.8 Å². The van der Waals surface area contributed by atoms with E-state index in [-0.39, 0.29) is 24.2 Å². The van der Waals surface area contributed by atoms with Crippen LogP contribution in [-0.4, -0.2) is 34.7 Å². The van der Waals surface area contributed by atoms with Crippen molar-refractivity contribution in [1.82, 2.24) is 5.32 Å². The van der Waals surface area contributed by atoms with E-state index in [9.17, 15) is 23.6 Å². The van der Waals surface area contributed by atoms with Crippen LogP contribution >= 0.6 is 0 Å². The van der Waals surface area contributed by atoms with Gasteiger partial charge in [-0.15, -0.1) is 0 Å². The normalized spacial score (nSPS) is 11.5. The van der Waals surface area contributed by atoms with Crippen LogP contribution in [0.4, 0.5) is 4.39 Å². The molecule has 0 aromatic heterocycles. The fourth-order valence-electron chi connectivity index (χ4n) is 1.67. The lowest BCUT2D eigenvalue weighted by molar-refractivity contribution is -0.143. The number of carbonyl (C=O) groups excluding carboxylic acids is 3. The third kappa shape index (κ3) is 5.70. The molecule has 0 saturated heterocycles. The second-order valence-corrected chi connectivity index (χ2v) is 4.56. The van der Waals surface area contributed by atoms with E-state index in [1.54, 1.807) is 0 Å². The van der Waals surface area contributed by atoms with Crippen LogP contribution in [0.5, 0.6) is 0 Å². The summed E-state index contributed by atoms with van der Waals surface area (Å²) in [6.45, 7) is 0. The van der Waals surface area contributed by atoms with Gasteiger partial charge < -0.3 is 16.2 Å². The van der Waals surface area contributed by atoms with E-state index in [0.29, 0.717) is 0 Å². The number of nitrogens with one attached hydrogen (secondary N) is 1. The first kappa shape index (κ1) is 17.3. The molecule has 1 rings (SSSR count). The summed E-state index contributed by atoms with van der Waals surface area (Å²) in [6.07, 6.45) is -0.952. The summed E-state index contributed by atoms with van der Waals surface area (Å²) in [4.78, 5) is 44.9. The Kier molecular flexibility index (Phi) is 6.18. The lowest BCUT2D eigenvalue weighted by Crippen LogP contribution is -2.43. The van der Waals surface area contributed by atoms with Gasteiger partial charge in [0, 0.05) is 18.4 Å². The predicted octanol–water partition coefficient (Wildman–Crippen LogP) is 0.233. The van der Waals surface area contributed by atoms with Gasteiger partial charge in [-0.3, -0.25) is 14.4 Å². The molecule has 0 aliphatic carbocycles. The zero-order chi connectivity index (χ0) is 16.7. The Balaban J connectivity index is 2.51. The Morgan fingerprint density at radius 2 is 1.73 bits per heavy atom. The Morgan fingerprint density at radius 3 is 2.23 bits per heavy atom. The van der Waals surface area contributed by atoms with Gasteiger partial charge in [0.05, 0.1) is 6.42 Å². The number of hydrogen-bond acceptors (Lipinski definition) is 4. The van der Waals surface area contributed by atoms with Crippen LogP contribution in [0.3, 0.4) is 0 Å². The van der Waals surface area contributed by atoms with E-state index in [0.717, 1.165) is 12.1 Å². The third-order valence-corrected chi connectivity index (χ3v) is 2.78. The van der Waals surface area contributed by atoms with Crippen molar-refractivity contribution in [3.8, 4) is 0 Å². The highest BCUT2D eigenvalue weighted by molar-refractivity contribution is 5.98. The summed E-state index contributed by atoms with van der Waals surface area (Å²) < 4.78 is 12.7. The standard InChI is InChI=1S/C14H15FN2O5/c15-9-3-1-8(2-4-9)11(18)5-6-13(20)17-10(14(21)22)7-12(16)19/h1-4,10H,5-7H2,(H2,16,19)(H,17,20)(H,21,22). The molecule has 0 radical (unpaired) electrons. The minimum absolute atomic E-state index is 0.166. The first-order valence-corrected chi connectivity index (χ1v) is 6.39. The van der Waals surface area contributed by atoms with Gasteiger partial charge in [-0.05, 0) is 24.3 Å². The first-order valence-electron chi connectivity index (χ1n) is 6.39. The molecule has 0 heterocycles. The number of Topliss-reactive ketones (excluding diaryl/α,β-unsaturated/α-hetero) is 1. The fourth-order valence-corrected chi connectivity index (χ4v) is 1.67. The number of carboxylic acid groups (broad SMARTS) is 1. The molecule has 0 spiro atoms. The van der Waals surface area contributed by atoms with Crippen LogP contribution in [0.25, 0.3) is 0 Å². The third-order valence-electron chi connectivity index (χ3n) is 2.78. The summed E-state index contributed by atoms with van der Waals surface area (Å²) in [5.74, 6) is -3.81. The molecule has 0 saturated carbocycles. The Hall–Kier alpha value is -2.77. The maximum absolute atomic E-state index is 12.7. The van der Waals surface area contributed by atoms with E-state index in [2.05, 4.69) is 5.32 Å². The van der Waals surface area contributed by atoms with Crippen molar-refractivity contribution in [2.24, 2.45) is 5.73 Å². The minimum Gasteiger partial charge on any atom is -0.480 e. The number of rotatable bonds is 8. The van der Waals surface area contributed by atoms with Crippen LogP contribution < -0.4 is 11.1 Å². The zero-order valence-electron chi connectivity index (χ0n) is 11.5. The zero-order valence-corrected chi connectivity index (χ0v) is 11.5. The molecular formula is C14H15FN2O5. The maximum Gasteiger partial charge on any atom is 0.326 e. The molecule has 0 aliphatic heterocycles. The van der Waals surface area contributed by atoms with Crippen molar-refractivity contribution >= 4 is 23.6 Å². The largest absolute Gasteiger partial charge is 0.480 e. The van der Waals surface area contributed by atoms with Gasteiger partial charge in [0.1, 0.15) is 11.9 Å². The minimum atomic E-state index is -1.43. The highest BCUT2D eigenvalue weighted by Gasteiger charge is 2.22. The maximum atomic E-state index is 12.7. The second kappa shape index (κ2) is 7.87. The van der Waals surface area contributed by atoms with Crippen molar-refractivity contribution in [1.29, 1.82) is 0 Å². The molecule has 0 fully saturated rings. The van der Waals surface area contributed by atoms with Crippen molar-refractivity contribution in [2.45, 2.75) is 25.3 Å². The number of benzene rings is 1. The molecule has 8 heteroatoms. The molecule has 0 aliphatic rings. The van der Waals surface area contributed by atoms with Crippen LogP contribution in [-0.2, 0) is 14.4 Å². The molecule has 1 unspecified atom stereocenters. The number of carboxylic acids is 1. The van der Waals surface area contributed by atoms with E-state index in [1.807, 2.05) is 0 Å². The van der Waals surface area contributed by atoms with Crippen LogP contribution in [0.15, 0.2) is 24.3 Å². The smallest absolute Gasteiger partial charge is 0.326 e. The van der Waals surface area contributed by atoms with Gasteiger partial charge in [0.15, 0.2) is 5.78 Å². The summed E-state index contributed by atoms with van der Waals surface area (Å²) in [5.41, 5.74) is 5.13. The Labute approximate surface area is 125 Å². The fraction of sp³-hybridized carbons (Fsp3) is 0.286. The van der Waals surface area contributed by atoms with Gasteiger partial charge in [0.2, 0.25) is 11.8 Å². The van der Waals surface area contributed by atoms with Crippen molar-refractivity contribution in [3.05, 3.63) is 35.6 Å². The van der Waals surface area contributed by atoms with Crippen molar-refractivity contribution < 1.29 is 28.7 Å². The molecule has 7 nitrogen and oxygen atoms in total. The summed E-state index contributed by atoms with van der Waals surface area (Å²) >= 11 is 0. The van der Waals surface area contributed by atoms with Gasteiger partial charge in [-0.25, -0.2) is 9.18 Å². The molecule has 1 aromatic carbocycles. The second-order valence-electron chi connectivity index (χ2n) is 4.56. The number of aliphatic carboxylic acids is 1. The summed E-state index contributed by atoms with van der Waals surface area (Å²) in [7, 11) is 0. The first-order chi connectivity index (χ1) is 10.3. The average Bonchev–Trinajstić information content (AvgIpc) is 2.44. The molecule has 0 bridgehead atoms. The average molecular weight is 310 g/mol. The highest BCUT2D eigenvalue weighted by atomic mass is 19.1. The molecule has 118 valence electrons. The van der Waals surface area contributed by atoms with E-state index < -0.39 is 36.1 Å². The number of hydrogen-bond donors (Lipinski definition) is 3. The number of primary amides is 1. The monoisotopic (exact) mass is 310 g/mol. The number of ketones is 1. The lowest BCUT2D eigenvalue weighted by Gasteiger charge is -2.12. The molecule has 22 heavy (non-hydrogen) atoms. The highest BCUT2D eigenvalue weighted by Crippen LogP contribution is 2.07. The lowest BCUT2D eigenvalue weighted by atomic mass is 10.1. The summed E-state index contributed by atoms with van der Waals surface area (Å²) in [6, 6.07) is 3.41. The van der Waals surface area contributed by atoms with Gasteiger partial charge in [0.25, 0.3) is 0 Å². The van der Waals surface area contributed by atoms with E-state index in [1.165, 1.54) is 12.1 Å². The van der Waals surface area contributed by atoms with Gasteiger partial charge in [-0.2, -0.15) is 0 Å². The van der Waals surface area contributed by atoms with Crippen molar-refractivity contribution in [2.75, 3.05) is 0 Å². The van der Waals surface area contributed by atoms with Crippen LogP contribution in [0, 0.1) is 5.82 Å². The predicted molar refractivity (Wildman–Crippen MR) is 73.3 cm³/mol. The number of amides is 2. The van der Waals surface area contributed by atoms with E-state index >= 15 is 0 Å². The molecular weight excluding hydrogens is 295 g/mol. The molecule has 2 amide bonds. The van der Waals surface area contributed by atoms with Crippen molar-refractivity contribution in [3.63, 3.8) is 0 Å². The summed E-state index contributed by atoms with van der Waals surface area (Å²) in [5, 5.41) is 10.9. The Bertz CT molecular complexity index is 585. The van der Waals surface area contributed by atoms with Crippen LogP contribution in [0.2, 0.25) is 0 Å². The quantitative estimate of drug-likeness (QED) is 0.593. The molecule has 4 N–H and O–H groups in total. The Morgan fingerprint density at radius 1 is 1.14 bits per heavy atom. The molecule has 1 atom stereocenters. The van der Waals surface area contributed by atoms with Crippen LogP contribution in [0.1, 0.15) is 29.6 Å². The molecule has 1 aromatic rings.